The van der Waals surface area contributed by atoms with Crippen LogP contribution in [0.15, 0.2) is 40.1 Å². The van der Waals surface area contributed by atoms with Crippen LogP contribution >= 0.6 is 0 Å². The fourth-order valence-electron chi connectivity index (χ4n) is 1.63. The van der Waals surface area contributed by atoms with E-state index in [1.807, 2.05) is 12.1 Å². The quantitative estimate of drug-likeness (QED) is 0.831. The lowest BCUT2D eigenvalue weighted by Gasteiger charge is -2.07. The van der Waals surface area contributed by atoms with Gasteiger partial charge in [-0.2, -0.15) is 0 Å². The number of aromatic nitrogens is 2. The third-order valence-corrected chi connectivity index (χ3v) is 2.58. The maximum absolute atomic E-state index is 11.9. The molecule has 0 aliphatic heterocycles. The number of rotatable bonds is 2. The molecular formula is C12H12N2O3. The summed E-state index contributed by atoms with van der Waals surface area (Å²) in [6, 6.07) is 7.16. The van der Waals surface area contributed by atoms with Gasteiger partial charge in [-0.05, 0) is 6.07 Å². The highest BCUT2D eigenvalue weighted by atomic mass is 16.5. The zero-order valence-electron chi connectivity index (χ0n) is 9.56. The first-order valence-electron chi connectivity index (χ1n) is 5.07. The van der Waals surface area contributed by atoms with Crippen molar-refractivity contribution in [3.63, 3.8) is 0 Å². The molecular weight excluding hydrogens is 220 g/mol. The van der Waals surface area contributed by atoms with Crippen LogP contribution in [0.5, 0.6) is 5.75 Å². The molecule has 5 nitrogen and oxygen atoms in total. The highest BCUT2D eigenvalue weighted by Gasteiger charge is 2.10. The minimum Gasteiger partial charge on any atom is -0.496 e. The van der Waals surface area contributed by atoms with Gasteiger partial charge in [0.05, 0.1) is 12.7 Å². The fourth-order valence-corrected chi connectivity index (χ4v) is 1.63. The smallest absolute Gasteiger partial charge is 0.328 e. The number of hydrogen-bond donors (Lipinski definition) is 1. The number of benzene rings is 1. The van der Waals surface area contributed by atoms with Crippen LogP contribution in [0, 0.1) is 0 Å². The summed E-state index contributed by atoms with van der Waals surface area (Å²) in [7, 11) is 2.97. The molecule has 0 spiro atoms. The van der Waals surface area contributed by atoms with Gasteiger partial charge < -0.3 is 9.72 Å². The van der Waals surface area contributed by atoms with Gasteiger partial charge in [-0.3, -0.25) is 9.36 Å². The monoisotopic (exact) mass is 232 g/mol. The number of aromatic amines is 1. The van der Waals surface area contributed by atoms with E-state index in [1.54, 1.807) is 12.1 Å². The van der Waals surface area contributed by atoms with Gasteiger partial charge >= 0.3 is 5.69 Å². The van der Waals surface area contributed by atoms with E-state index in [0.29, 0.717) is 16.9 Å². The first-order valence-corrected chi connectivity index (χ1v) is 5.07. The molecule has 0 aliphatic rings. The Morgan fingerprint density at radius 3 is 2.59 bits per heavy atom. The molecule has 1 aromatic heterocycles. The predicted octanol–water partition coefficient (Wildman–Crippen LogP) is 0.749. The van der Waals surface area contributed by atoms with Gasteiger partial charge in [0.25, 0.3) is 5.56 Å². The fraction of sp³-hybridized carbons (Fsp3) is 0.167. The number of methoxy groups -OCH3 is 1. The van der Waals surface area contributed by atoms with Gasteiger partial charge in [0, 0.05) is 18.8 Å². The number of nitrogens with one attached hydrogen (secondary N) is 1. The lowest BCUT2D eigenvalue weighted by Crippen LogP contribution is -2.32. The van der Waals surface area contributed by atoms with Crippen LogP contribution in [-0.4, -0.2) is 16.7 Å². The zero-order valence-corrected chi connectivity index (χ0v) is 9.56. The summed E-state index contributed by atoms with van der Waals surface area (Å²) in [6.07, 6.45) is 1.41. The zero-order chi connectivity index (χ0) is 12.4. The number of ether oxygens (including phenoxy) is 1. The summed E-state index contributed by atoms with van der Waals surface area (Å²) in [6.45, 7) is 0. The lowest BCUT2D eigenvalue weighted by atomic mass is 10.1. The molecule has 1 aromatic carbocycles. The van der Waals surface area contributed by atoms with E-state index in [1.165, 1.54) is 20.4 Å². The minimum absolute atomic E-state index is 0.349. The number of H-pyrrole nitrogens is 1. The highest BCUT2D eigenvalue weighted by molar-refractivity contribution is 5.68. The molecule has 2 rings (SSSR count). The van der Waals surface area contributed by atoms with E-state index < -0.39 is 5.69 Å². The van der Waals surface area contributed by atoms with E-state index in [-0.39, 0.29) is 5.56 Å². The Kier molecular flexibility index (Phi) is 2.82. The van der Waals surface area contributed by atoms with Crippen molar-refractivity contribution in [1.29, 1.82) is 0 Å². The van der Waals surface area contributed by atoms with Crippen molar-refractivity contribution < 1.29 is 4.74 Å². The summed E-state index contributed by atoms with van der Waals surface area (Å²) in [5, 5.41) is 0. The molecule has 0 atom stereocenters. The Morgan fingerprint density at radius 2 is 1.88 bits per heavy atom. The Bertz CT molecular complexity index is 655. The van der Waals surface area contributed by atoms with E-state index in [9.17, 15) is 9.59 Å². The van der Waals surface area contributed by atoms with Crippen molar-refractivity contribution in [2.75, 3.05) is 7.11 Å². The molecule has 0 amide bonds. The molecule has 0 saturated heterocycles. The average Bonchev–Trinajstić information content (AvgIpc) is 2.36. The Morgan fingerprint density at radius 1 is 1.18 bits per heavy atom. The number of hydrogen-bond acceptors (Lipinski definition) is 3. The molecule has 17 heavy (non-hydrogen) atoms. The van der Waals surface area contributed by atoms with Crippen LogP contribution in [-0.2, 0) is 7.05 Å². The summed E-state index contributed by atoms with van der Waals surface area (Å²) in [5.41, 5.74) is 0.281. The lowest BCUT2D eigenvalue weighted by molar-refractivity contribution is 0.416. The van der Waals surface area contributed by atoms with E-state index in [0.717, 1.165) is 4.57 Å². The van der Waals surface area contributed by atoms with Crippen LogP contribution < -0.4 is 16.0 Å². The molecule has 0 fully saturated rings. The second-order valence-corrected chi connectivity index (χ2v) is 3.57. The van der Waals surface area contributed by atoms with Crippen molar-refractivity contribution in [1.82, 2.24) is 9.55 Å². The van der Waals surface area contributed by atoms with Crippen LogP contribution in [0.25, 0.3) is 11.1 Å². The first kappa shape index (κ1) is 11.2. The van der Waals surface area contributed by atoms with Crippen molar-refractivity contribution in [3.05, 3.63) is 51.3 Å². The average molecular weight is 232 g/mol. The highest BCUT2D eigenvalue weighted by Crippen LogP contribution is 2.25. The summed E-state index contributed by atoms with van der Waals surface area (Å²) in [4.78, 5) is 25.7. The van der Waals surface area contributed by atoms with Gasteiger partial charge in [-0.1, -0.05) is 18.2 Å². The van der Waals surface area contributed by atoms with Crippen LogP contribution in [0.1, 0.15) is 0 Å². The van der Waals surface area contributed by atoms with E-state index in [2.05, 4.69) is 4.98 Å². The van der Waals surface area contributed by atoms with Crippen LogP contribution in [0.4, 0.5) is 0 Å². The third kappa shape index (κ3) is 1.87. The van der Waals surface area contributed by atoms with Gasteiger partial charge in [-0.25, -0.2) is 4.79 Å². The van der Waals surface area contributed by atoms with Gasteiger partial charge in [0.15, 0.2) is 0 Å². The Labute approximate surface area is 97.3 Å². The predicted molar refractivity (Wildman–Crippen MR) is 64.3 cm³/mol. The van der Waals surface area contributed by atoms with E-state index >= 15 is 0 Å². The van der Waals surface area contributed by atoms with Gasteiger partial charge in [0.1, 0.15) is 5.75 Å². The number of para-hydroxylation sites is 1. The first-order chi connectivity index (χ1) is 8.15. The summed E-state index contributed by atoms with van der Waals surface area (Å²) < 4.78 is 6.21. The third-order valence-electron chi connectivity index (χ3n) is 2.58. The Balaban J connectivity index is 2.74. The molecule has 88 valence electrons. The number of nitrogens with zero attached hydrogens (tertiary/aromatic N) is 1. The SMILES string of the molecule is COc1ccccc1-c1c[nH]c(=O)n(C)c1=O. The summed E-state index contributed by atoms with van der Waals surface area (Å²) >= 11 is 0. The molecule has 0 radical (unpaired) electrons. The van der Waals surface area contributed by atoms with Crippen LogP contribution in [0.3, 0.4) is 0 Å². The van der Waals surface area contributed by atoms with Gasteiger partial charge in [-0.15, -0.1) is 0 Å². The largest absolute Gasteiger partial charge is 0.496 e. The maximum Gasteiger partial charge on any atom is 0.328 e. The van der Waals surface area contributed by atoms with Crippen LogP contribution in [0.2, 0.25) is 0 Å². The van der Waals surface area contributed by atoms with Gasteiger partial charge in [0.2, 0.25) is 0 Å². The second-order valence-electron chi connectivity index (χ2n) is 3.57. The normalized spacial score (nSPS) is 10.2. The summed E-state index contributed by atoms with van der Waals surface area (Å²) in [5.74, 6) is 0.594. The topological polar surface area (TPSA) is 64.1 Å². The molecule has 0 aliphatic carbocycles. The second kappa shape index (κ2) is 4.29. The standard InChI is InChI=1S/C12H12N2O3/c1-14-11(15)9(7-13-12(14)16)8-5-3-4-6-10(8)17-2/h3-7H,1-2H3,(H,13,16). The van der Waals surface area contributed by atoms with E-state index in [4.69, 9.17) is 4.74 Å². The van der Waals surface area contributed by atoms with Crippen molar-refractivity contribution in [2.24, 2.45) is 7.05 Å². The molecule has 0 unspecified atom stereocenters. The maximum atomic E-state index is 11.9. The van der Waals surface area contributed by atoms with Crippen molar-refractivity contribution >= 4 is 0 Å². The van der Waals surface area contributed by atoms with Crippen molar-refractivity contribution in [3.8, 4) is 16.9 Å². The molecule has 0 saturated carbocycles. The van der Waals surface area contributed by atoms with Crippen molar-refractivity contribution in [2.45, 2.75) is 0 Å². The molecule has 5 heteroatoms. The molecule has 2 aromatic rings. The molecule has 1 N–H and O–H groups in total. The Hall–Kier alpha value is -2.30. The minimum atomic E-state index is -0.436. The molecule has 0 bridgehead atoms. The molecule has 1 heterocycles.